The van der Waals surface area contributed by atoms with Crippen molar-refractivity contribution in [2.75, 3.05) is 0 Å². The highest BCUT2D eigenvalue weighted by Crippen LogP contribution is 1.98. The fraction of sp³-hybridized carbons (Fsp3) is 0.111. The summed E-state index contributed by atoms with van der Waals surface area (Å²) >= 11 is 0. The van der Waals surface area contributed by atoms with Crippen molar-refractivity contribution in [1.82, 2.24) is 0 Å². The van der Waals surface area contributed by atoms with Crippen molar-refractivity contribution in [3.63, 3.8) is 0 Å². The standard InChI is InChI=1S/C9H10.H4O4Si/c1-2-6-9-7-4-3-5-8-9;1-5(2,3)4/h2-5,7-8H,1,6H2;1-4H. The van der Waals surface area contributed by atoms with Crippen LogP contribution in [0.2, 0.25) is 0 Å². The maximum absolute atomic E-state index is 7.33. The Labute approximate surface area is 83.9 Å². The fourth-order valence-electron chi connectivity index (χ4n) is 0.781. The zero-order valence-corrected chi connectivity index (χ0v) is 8.67. The predicted molar refractivity (Wildman–Crippen MR) is 55.0 cm³/mol. The summed E-state index contributed by atoms with van der Waals surface area (Å²) in [6.07, 6.45) is 2.89. The maximum atomic E-state index is 7.33. The number of allylic oxidation sites excluding steroid dienone is 1. The molecular formula is C9H14O4Si. The molecule has 0 atom stereocenters. The van der Waals surface area contributed by atoms with Crippen LogP contribution >= 0.6 is 0 Å². The van der Waals surface area contributed by atoms with Gasteiger partial charge in [0.05, 0.1) is 0 Å². The molecule has 0 heterocycles. The van der Waals surface area contributed by atoms with Crippen LogP contribution in [0.1, 0.15) is 5.56 Å². The van der Waals surface area contributed by atoms with Gasteiger partial charge in [-0.05, 0) is 12.0 Å². The molecule has 0 radical (unpaired) electrons. The van der Waals surface area contributed by atoms with E-state index in [9.17, 15) is 0 Å². The molecule has 0 fully saturated rings. The van der Waals surface area contributed by atoms with Crippen LogP contribution in [0.15, 0.2) is 43.0 Å². The maximum Gasteiger partial charge on any atom is 0.668 e. The molecule has 0 spiro atoms. The highest BCUT2D eigenvalue weighted by Gasteiger charge is 2.22. The quantitative estimate of drug-likeness (QED) is 0.406. The van der Waals surface area contributed by atoms with E-state index >= 15 is 0 Å². The molecule has 0 aromatic heterocycles. The van der Waals surface area contributed by atoms with Gasteiger partial charge >= 0.3 is 9.05 Å². The molecule has 0 saturated carbocycles. The third-order valence-electron chi connectivity index (χ3n) is 1.22. The summed E-state index contributed by atoms with van der Waals surface area (Å²) in [6.45, 7) is 3.66. The lowest BCUT2D eigenvalue weighted by molar-refractivity contribution is 0.117. The van der Waals surface area contributed by atoms with Gasteiger partial charge in [-0.1, -0.05) is 36.4 Å². The minimum Gasteiger partial charge on any atom is -0.368 e. The van der Waals surface area contributed by atoms with E-state index in [4.69, 9.17) is 19.2 Å². The van der Waals surface area contributed by atoms with Gasteiger partial charge in [-0.2, -0.15) is 0 Å². The van der Waals surface area contributed by atoms with Gasteiger partial charge in [-0.3, -0.25) is 0 Å². The van der Waals surface area contributed by atoms with E-state index in [2.05, 4.69) is 18.7 Å². The van der Waals surface area contributed by atoms with E-state index < -0.39 is 9.05 Å². The first-order valence-electron chi connectivity index (χ1n) is 3.98. The van der Waals surface area contributed by atoms with E-state index in [1.54, 1.807) is 0 Å². The normalized spacial score (nSPS) is 10.0. The van der Waals surface area contributed by atoms with E-state index in [0.717, 1.165) is 6.42 Å². The largest absolute Gasteiger partial charge is 0.668 e. The third-order valence-corrected chi connectivity index (χ3v) is 1.22. The Morgan fingerprint density at radius 3 is 1.86 bits per heavy atom. The lowest BCUT2D eigenvalue weighted by Crippen LogP contribution is -2.33. The van der Waals surface area contributed by atoms with E-state index in [1.165, 1.54) is 5.56 Å². The summed E-state index contributed by atoms with van der Waals surface area (Å²) in [5, 5.41) is 0. The van der Waals surface area contributed by atoms with Crippen molar-refractivity contribution < 1.29 is 19.2 Å². The smallest absolute Gasteiger partial charge is 0.368 e. The first-order valence-corrected chi connectivity index (χ1v) is 5.76. The van der Waals surface area contributed by atoms with Crippen LogP contribution in [0.4, 0.5) is 0 Å². The highest BCUT2D eigenvalue weighted by molar-refractivity contribution is 6.46. The molecule has 0 aliphatic heterocycles. The van der Waals surface area contributed by atoms with Crippen LogP contribution in [0.3, 0.4) is 0 Å². The molecule has 0 saturated heterocycles. The summed E-state index contributed by atoms with van der Waals surface area (Å²) in [4.78, 5) is 29.3. The second-order valence-electron chi connectivity index (χ2n) is 2.58. The molecule has 78 valence electrons. The minimum absolute atomic E-state index is 0.973. The number of benzene rings is 1. The first-order chi connectivity index (χ1) is 6.43. The lowest BCUT2D eigenvalue weighted by Gasteiger charge is -1.91. The summed E-state index contributed by atoms with van der Waals surface area (Å²) in [5.74, 6) is 0. The number of hydrogen-bond donors (Lipinski definition) is 4. The van der Waals surface area contributed by atoms with Gasteiger partial charge in [0.2, 0.25) is 0 Å². The Bertz CT molecular complexity index is 249. The Morgan fingerprint density at radius 1 is 1.07 bits per heavy atom. The van der Waals surface area contributed by atoms with Gasteiger partial charge in [-0.25, -0.2) is 0 Å². The molecule has 0 amide bonds. The van der Waals surface area contributed by atoms with Crippen molar-refractivity contribution in [1.29, 1.82) is 0 Å². The monoisotopic (exact) mass is 214 g/mol. The van der Waals surface area contributed by atoms with E-state index in [0.29, 0.717) is 0 Å². The van der Waals surface area contributed by atoms with Crippen LogP contribution in [-0.2, 0) is 6.42 Å². The van der Waals surface area contributed by atoms with Crippen molar-refractivity contribution in [2.45, 2.75) is 6.42 Å². The third kappa shape index (κ3) is 11.0. The first kappa shape index (κ1) is 13.0. The zero-order chi connectivity index (χ0) is 11.0. The zero-order valence-electron chi connectivity index (χ0n) is 7.67. The minimum atomic E-state index is -4.61. The Kier molecular flexibility index (Phi) is 6.01. The molecule has 0 aliphatic carbocycles. The second kappa shape index (κ2) is 6.47. The van der Waals surface area contributed by atoms with Crippen LogP contribution in [0.25, 0.3) is 0 Å². The number of hydrogen-bond acceptors (Lipinski definition) is 4. The molecule has 1 rings (SSSR count). The van der Waals surface area contributed by atoms with E-state index in [-0.39, 0.29) is 0 Å². The van der Waals surface area contributed by atoms with Gasteiger partial charge < -0.3 is 19.2 Å². The van der Waals surface area contributed by atoms with Gasteiger partial charge in [0, 0.05) is 0 Å². The van der Waals surface area contributed by atoms with Crippen LogP contribution in [0.5, 0.6) is 0 Å². The van der Waals surface area contributed by atoms with Gasteiger partial charge in [-0.15, -0.1) is 6.58 Å². The second-order valence-corrected chi connectivity index (χ2v) is 3.78. The van der Waals surface area contributed by atoms with Gasteiger partial charge in [0.15, 0.2) is 0 Å². The van der Waals surface area contributed by atoms with Crippen molar-refractivity contribution in [3.8, 4) is 0 Å². The Hall–Kier alpha value is -0.983. The summed E-state index contributed by atoms with van der Waals surface area (Å²) in [6, 6.07) is 10.3. The average Bonchev–Trinajstić information content (AvgIpc) is 2.03. The fourth-order valence-corrected chi connectivity index (χ4v) is 0.781. The lowest BCUT2D eigenvalue weighted by atomic mass is 10.2. The average molecular weight is 214 g/mol. The predicted octanol–water partition coefficient (Wildman–Crippen LogP) is -0.194. The molecular weight excluding hydrogens is 200 g/mol. The Balaban J connectivity index is 0.000000292. The van der Waals surface area contributed by atoms with Gasteiger partial charge in [0.1, 0.15) is 0 Å². The summed E-state index contributed by atoms with van der Waals surface area (Å²) in [7, 11) is -4.61. The number of rotatable bonds is 2. The van der Waals surface area contributed by atoms with E-state index in [1.807, 2.05) is 24.3 Å². The molecule has 0 aliphatic rings. The highest BCUT2D eigenvalue weighted by atomic mass is 28.4. The van der Waals surface area contributed by atoms with Crippen LogP contribution in [0, 0.1) is 0 Å². The molecule has 4 N–H and O–H groups in total. The topological polar surface area (TPSA) is 80.9 Å². The molecule has 5 heteroatoms. The van der Waals surface area contributed by atoms with Crippen molar-refractivity contribution >= 4 is 9.05 Å². The molecule has 14 heavy (non-hydrogen) atoms. The van der Waals surface area contributed by atoms with Gasteiger partial charge in [0.25, 0.3) is 0 Å². The SMILES string of the molecule is C=CCc1ccccc1.O[Si](O)(O)O. The van der Waals surface area contributed by atoms with Crippen LogP contribution < -0.4 is 0 Å². The Morgan fingerprint density at radius 2 is 1.50 bits per heavy atom. The summed E-state index contributed by atoms with van der Waals surface area (Å²) < 4.78 is 0. The van der Waals surface area contributed by atoms with Crippen molar-refractivity contribution in [2.24, 2.45) is 0 Å². The molecule has 0 unspecified atom stereocenters. The molecule has 0 bridgehead atoms. The molecule has 1 aromatic rings. The van der Waals surface area contributed by atoms with Crippen LogP contribution in [-0.4, -0.2) is 28.2 Å². The summed E-state index contributed by atoms with van der Waals surface area (Å²) in [5.41, 5.74) is 1.33. The van der Waals surface area contributed by atoms with Crippen molar-refractivity contribution in [3.05, 3.63) is 48.6 Å². The molecule has 4 nitrogen and oxygen atoms in total. The molecule has 1 aromatic carbocycles.